The number of nitriles is 1. The van der Waals surface area contributed by atoms with E-state index in [-0.39, 0.29) is 12.5 Å². The number of aromatic amines is 1. The number of carbonyl (C=O) groups is 1. The van der Waals surface area contributed by atoms with Crippen LogP contribution in [0.15, 0.2) is 18.3 Å². The third-order valence-electron chi connectivity index (χ3n) is 3.28. The molecule has 102 valence electrons. The minimum Gasteiger partial charge on any atom is -0.360 e. The number of H-pyrrole nitrogens is 1. The molecule has 1 aliphatic heterocycles. The predicted molar refractivity (Wildman–Crippen MR) is 72.4 cm³/mol. The van der Waals surface area contributed by atoms with Gasteiger partial charge in [0.25, 0.3) is 5.91 Å². The minimum atomic E-state index is -0.590. The van der Waals surface area contributed by atoms with Crippen LogP contribution in [0.3, 0.4) is 0 Å². The molecule has 1 fully saturated rings. The number of rotatable bonds is 1. The van der Waals surface area contributed by atoms with Crippen LogP contribution in [0.4, 0.5) is 0 Å². The molecule has 7 heteroatoms. The van der Waals surface area contributed by atoms with Crippen molar-refractivity contribution in [3.63, 3.8) is 0 Å². The molecule has 1 aromatic heterocycles. The molecule has 0 spiro atoms. The number of halogens is 1. The van der Waals surface area contributed by atoms with Gasteiger partial charge in [0, 0.05) is 11.9 Å². The Bertz CT molecular complexity index is 706. The van der Waals surface area contributed by atoms with Crippen molar-refractivity contribution in [2.24, 2.45) is 0 Å². The molecule has 1 aliphatic rings. The molecule has 0 aliphatic carbocycles. The van der Waals surface area contributed by atoms with Crippen molar-refractivity contribution >= 4 is 28.4 Å². The standard InChI is InChI=1S/C13H11ClN4O2/c14-10-2-1-8-6-16-17-12(8)11(10)13(19)18-3-4-20-9(5-15)7-18/h1-2,6,9H,3-4,7H2,(H,16,17). The van der Waals surface area contributed by atoms with Gasteiger partial charge in [0.15, 0.2) is 6.10 Å². The molecule has 1 aromatic carbocycles. The summed E-state index contributed by atoms with van der Waals surface area (Å²) >= 11 is 6.15. The molecule has 0 bridgehead atoms. The second-order valence-electron chi connectivity index (χ2n) is 4.50. The quantitative estimate of drug-likeness (QED) is 0.864. The molecule has 3 rings (SSSR count). The smallest absolute Gasteiger partial charge is 0.257 e. The second kappa shape index (κ2) is 5.12. The Morgan fingerprint density at radius 1 is 1.60 bits per heavy atom. The summed E-state index contributed by atoms with van der Waals surface area (Å²) in [6.45, 7) is 1.04. The van der Waals surface area contributed by atoms with Crippen molar-refractivity contribution in [2.45, 2.75) is 6.10 Å². The van der Waals surface area contributed by atoms with E-state index in [0.717, 1.165) is 5.39 Å². The van der Waals surface area contributed by atoms with Crippen LogP contribution in [0.2, 0.25) is 5.02 Å². The van der Waals surface area contributed by atoms with Gasteiger partial charge in [-0.15, -0.1) is 0 Å². The highest BCUT2D eigenvalue weighted by Crippen LogP contribution is 2.26. The van der Waals surface area contributed by atoms with E-state index in [2.05, 4.69) is 10.2 Å². The van der Waals surface area contributed by atoms with E-state index in [1.54, 1.807) is 23.2 Å². The zero-order chi connectivity index (χ0) is 14.1. The van der Waals surface area contributed by atoms with Crippen molar-refractivity contribution in [3.05, 3.63) is 28.9 Å². The first-order valence-electron chi connectivity index (χ1n) is 6.13. The summed E-state index contributed by atoms with van der Waals surface area (Å²) in [6.07, 6.45) is 1.05. The number of nitrogens with one attached hydrogen (secondary N) is 1. The first-order chi connectivity index (χ1) is 9.70. The summed E-state index contributed by atoms with van der Waals surface area (Å²) in [6, 6.07) is 5.49. The van der Waals surface area contributed by atoms with Crippen LogP contribution in [0, 0.1) is 11.3 Å². The van der Waals surface area contributed by atoms with Crippen molar-refractivity contribution in [1.82, 2.24) is 15.1 Å². The topological polar surface area (TPSA) is 82.0 Å². The average Bonchev–Trinajstić information content (AvgIpc) is 2.95. The molecular formula is C13H11ClN4O2. The number of hydrogen-bond donors (Lipinski definition) is 1. The van der Waals surface area contributed by atoms with Gasteiger partial charge < -0.3 is 9.64 Å². The number of hydrogen-bond acceptors (Lipinski definition) is 4. The SMILES string of the molecule is N#CC1CN(C(=O)c2c(Cl)ccc3cn[nH]c23)CCO1. The maximum atomic E-state index is 12.6. The average molecular weight is 291 g/mol. The molecule has 0 saturated carbocycles. The van der Waals surface area contributed by atoms with Gasteiger partial charge >= 0.3 is 0 Å². The van der Waals surface area contributed by atoms with E-state index in [9.17, 15) is 4.79 Å². The Kier molecular flexibility index (Phi) is 3.30. The Hall–Kier alpha value is -2.10. The number of fused-ring (bicyclic) bond motifs is 1. The van der Waals surface area contributed by atoms with Gasteiger partial charge in [0.1, 0.15) is 0 Å². The Morgan fingerprint density at radius 3 is 3.25 bits per heavy atom. The van der Waals surface area contributed by atoms with Gasteiger partial charge in [-0.25, -0.2) is 0 Å². The van der Waals surface area contributed by atoms with Gasteiger partial charge in [-0.3, -0.25) is 9.89 Å². The lowest BCUT2D eigenvalue weighted by atomic mass is 10.1. The highest BCUT2D eigenvalue weighted by atomic mass is 35.5. The lowest BCUT2D eigenvalue weighted by molar-refractivity contribution is 0.00355. The number of aromatic nitrogens is 2. The second-order valence-corrected chi connectivity index (χ2v) is 4.90. The Balaban J connectivity index is 1.98. The lowest BCUT2D eigenvalue weighted by Crippen LogP contribution is -2.45. The van der Waals surface area contributed by atoms with Crippen LogP contribution in [0.1, 0.15) is 10.4 Å². The summed E-state index contributed by atoms with van der Waals surface area (Å²) in [5.41, 5.74) is 1.00. The molecule has 0 radical (unpaired) electrons. The summed E-state index contributed by atoms with van der Waals surface area (Å²) < 4.78 is 5.24. The summed E-state index contributed by atoms with van der Waals surface area (Å²) in [7, 11) is 0. The highest BCUT2D eigenvalue weighted by molar-refractivity contribution is 6.35. The van der Waals surface area contributed by atoms with E-state index in [0.29, 0.717) is 29.3 Å². The van der Waals surface area contributed by atoms with E-state index >= 15 is 0 Å². The van der Waals surface area contributed by atoms with Crippen LogP contribution < -0.4 is 0 Å². The summed E-state index contributed by atoms with van der Waals surface area (Å²) in [4.78, 5) is 14.2. The third-order valence-corrected chi connectivity index (χ3v) is 3.59. The van der Waals surface area contributed by atoms with E-state index < -0.39 is 6.10 Å². The zero-order valence-electron chi connectivity index (χ0n) is 10.5. The van der Waals surface area contributed by atoms with Crippen LogP contribution in [-0.4, -0.2) is 46.8 Å². The first kappa shape index (κ1) is 12.9. The maximum Gasteiger partial charge on any atom is 0.257 e. The molecular weight excluding hydrogens is 280 g/mol. The molecule has 1 N–H and O–H groups in total. The monoisotopic (exact) mass is 290 g/mol. The van der Waals surface area contributed by atoms with E-state index in [1.807, 2.05) is 6.07 Å². The molecule has 6 nitrogen and oxygen atoms in total. The van der Waals surface area contributed by atoms with E-state index in [1.165, 1.54) is 0 Å². The third kappa shape index (κ3) is 2.11. The fourth-order valence-electron chi connectivity index (χ4n) is 2.27. The van der Waals surface area contributed by atoms with Gasteiger partial charge in [0.2, 0.25) is 0 Å². The van der Waals surface area contributed by atoms with Gasteiger partial charge in [0.05, 0.1) is 41.5 Å². The molecule has 1 amide bonds. The molecule has 1 atom stereocenters. The van der Waals surface area contributed by atoms with Crippen molar-refractivity contribution in [3.8, 4) is 6.07 Å². The summed E-state index contributed by atoms with van der Waals surface area (Å²) in [5.74, 6) is -0.214. The van der Waals surface area contributed by atoms with Crippen molar-refractivity contribution in [2.75, 3.05) is 19.7 Å². The molecule has 1 unspecified atom stereocenters. The van der Waals surface area contributed by atoms with Gasteiger partial charge in [-0.05, 0) is 12.1 Å². The fourth-order valence-corrected chi connectivity index (χ4v) is 2.51. The predicted octanol–water partition coefficient (Wildman–Crippen LogP) is 1.58. The lowest BCUT2D eigenvalue weighted by Gasteiger charge is -2.30. The number of nitrogens with zero attached hydrogens (tertiary/aromatic N) is 3. The number of ether oxygens (including phenoxy) is 1. The molecule has 2 aromatic rings. The Labute approximate surface area is 119 Å². The molecule has 2 heterocycles. The van der Waals surface area contributed by atoms with Gasteiger partial charge in [-0.1, -0.05) is 11.6 Å². The maximum absolute atomic E-state index is 12.6. The van der Waals surface area contributed by atoms with Crippen LogP contribution in [0.5, 0.6) is 0 Å². The minimum absolute atomic E-state index is 0.214. The van der Waals surface area contributed by atoms with Crippen molar-refractivity contribution < 1.29 is 9.53 Å². The first-order valence-corrected chi connectivity index (χ1v) is 6.50. The molecule has 20 heavy (non-hydrogen) atoms. The normalized spacial score (nSPS) is 19.0. The molecule has 1 saturated heterocycles. The number of benzene rings is 1. The fraction of sp³-hybridized carbons (Fsp3) is 0.308. The summed E-state index contributed by atoms with van der Waals surface area (Å²) in [5, 5.41) is 16.8. The number of carbonyl (C=O) groups excluding carboxylic acids is 1. The van der Waals surface area contributed by atoms with Crippen LogP contribution >= 0.6 is 11.6 Å². The van der Waals surface area contributed by atoms with Crippen LogP contribution in [0.25, 0.3) is 10.9 Å². The van der Waals surface area contributed by atoms with E-state index in [4.69, 9.17) is 21.6 Å². The number of amides is 1. The van der Waals surface area contributed by atoms with Gasteiger partial charge in [-0.2, -0.15) is 10.4 Å². The van der Waals surface area contributed by atoms with Crippen LogP contribution in [-0.2, 0) is 4.74 Å². The zero-order valence-corrected chi connectivity index (χ0v) is 11.2. The highest BCUT2D eigenvalue weighted by Gasteiger charge is 2.27. The largest absolute Gasteiger partial charge is 0.360 e. The Morgan fingerprint density at radius 2 is 2.45 bits per heavy atom. The number of morpholine rings is 1. The van der Waals surface area contributed by atoms with Crippen molar-refractivity contribution in [1.29, 1.82) is 5.26 Å².